The molecule has 2 saturated heterocycles. The Balaban J connectivity index is 1.49. The summed E-state index contributed by atoms with van der Waals surface area (Å²) in [6.45, 7) is 10.2. The standard InChI is InChI=1S/C21H33N3O4S/c1-17-14-23(15-18(2)28-17)16-19-4-6-20(7-5-19)21(25)24-10-8-22(9-11-24)12-13-29(3,26)27/h4-7,17-18H,8-16H2,1-3H3. The monoisotopic (exact) mass is 423 g/mol. The van der Waals surface area contributed by atoms with Gasteiger partial charge in [-0.05, 0) is 31.5 Å². The molecule has 2 aliphatic rings. The topological polar surface area (TPSA) is 70.2 Å². The van der Waals surface area contributed by atoms with Crippen molar-refractivity contribution in [2.75, 3.05) is 57.8 Å². The van der Waals surface area contributed by atoms with Gasteiger partial charge >= 0.3 is 0 Å². The number of morpholine rings is 1. The molecule has 1 aromatic carbocycles. The van der Waals surface area contributed by atoms with E-state index >= 15 is 0 Å². The van der Waals surface area contributed by atoms with Crippen molar-refractivity contribution in [3.05, 3.63) is 35.4 Å². The number of carbonyl (C=O) groups excluding carboxylic acids is 1. The molecule has 7 nitrogen and oxygen atoms in total. The fourth-order valence-corrected chi connectivity index (χ4v) is 4.67. The summed E-state index contributed by atoms with van der Waals surface area (Å²) in [5.74, 6) is 0.219. The third kappa shape index (κ3) is 6.77. The third-order valence-electron chi connectivity index (χ3n) is 5.54. The lowest BCUT2D eigenvalue weighted by Gasteiger charge is -2.35. The number of piperazine rings is 1. The molecule has 1 aromatic rings. The third-order valence-corrected chi connectivity index (χ3v) is 6.46. The van der Waals surface area contributed by atoms with E-state index in [0.29, 0.717) is 38.3 Å². The van der Waals surface area contributed by atoms with Gasteiger partial charge in [0.05, 0.1) is 18.0 Å². The van der Waals surface area contributed by atoms with Gasteiger partial charge in [-0.15, -0.1) is 0 Å². The van der Waals surface area contributed by atoms with Crippen LogP contribution in [-0.4, -0.2) is 99.1 Å². The zero-order valence-corrected chi connectivity index (χ0v) is 18.5. The number of hydrogen-bond donors (Lipinski definition) is 0. The normalized spacial score (nSPS) is 24.6. The summed E-state index contributed by atoms with van der Waals surface area (Å²) in [4.78, 5) is 19.2. The highest BCUT2D eigenvalue weighted by Gasteiger charge is 2.24. The molecule has 1 amide bonds. The molecule has 2 atom stereocenters. The quantitative estimate of drug-likeness (QED) is 0.682. The van der Waals surface area contributed by atoms with Crippen molar-refractivity contribution >= 4 is 15.7 Å². The second-order valence-corrected chi connectivity index (χ2v) is 10.7. The predicted molar refractivity (Wildman–Crippen MR) is 114 cm³/mol. The maximum absolute atomic E-state index is 12.8. The molecule has 8 heteroatoms. The minimum Gasteiger partial charge on any atom is -0.373 e. The zero-order chi connectivity index (χ0) is 21.0. The summed E-state index contributed by atoms with van der Waals surface area (Å²) in [5, 5.41) is 0. The van der Waals surface area contributed by atoms with E-state index in [0.717, 1.165) is 19.6 Å². The van der Waals surface area contributed by atoms with Gasteiger partial charge in [0, 0.05) is 64.2 Å². The molecule has 0 spiro atoms. The van der Waals surface area contributed by atoms with Gasteiger partial charge in [-0.2, -0.15) is 0 Å². The summed E-state index contributed by atoms with van der Waals surface area (Å²) < 4.78 is 28.4. The van der Waals surface area contributed by atoms with Gasteiger partial charge in [-0.1, -0.05) is 12.1 Å². The highest BCUT2D eigenvalue weighted by atomic mass is 32.2. The summed E-state index contributed by atoms with van der Waals surface area (Å²) in [7, 11) is -2.95. The first-order valence-electron chi connectivity index (χ1n) is 10.4. The highest BCUT2D eigenvalue weighted by molar-refractivity contribution is 7.90. The number of hydrogen-bond acceptors (Lipinski definition) is 6. The Bertz CT molecular complexity index is 779. The fourth-order valence-electron chi connectivity index (χ4n) is 4.08. The molecule has 0 radical (unpaired) electrons. The molecular weight excluding hydrogens is 390 g/mol. The molecule has 0 saturated carbocycles. The zero-order valence-electron chi connectivity index (χ0n) is 17.7. The van der Waals surface area contributed by atoms with Crippen LogP contribution in [0.3, 0.4) is 0 Å². The lowest BCUT2D eigenvalue weighted by Crippen LogP contribution is -2.49. The molecular formula is C21H33N3O4S. The molecule has 0 bridgehead atoms. The second kappa shape index (κ2) is 9.55. The van der Waals surface area contributed by atoms with E-state index in [9.17, 15) is 13.2 Å². The molecule has 0 N–H and O–H groups in total. The van der Waals surface area contributed by atoms with Crippen LogP contribution in [0, 0.1) is 0 Å². The first kappa shape index (κ1) is 22.2. The Labute approximate surface area is 174 Å². The lowest BCUT2D eigenvalue weighted by molar-refractivity contribution is -0.0704. The van der Waals surface area contributed by atoms with E-state index in [1.807, 2.05) is 29.2 Å². The van der Waals surface area contributed by atoms with Crippen molar-refractivity contribution in [1.82, 2.24) is 14.7 Å². The van der Waals surface area contributed by atoms with Crippen molar-refractivity contribution in [3.8, 4) is 0 Å². The van der Waals surface area contributed by atoms with Crippen LogP contribution in [0.2, 0.25) is 0 Å². The smallest absolute Gasteiger partial charge is 0.253 e. The number of amides is 1. The number of sulfone groups is 1. The average Bonchev–Trinajstić information content (AvgIpc) is 2.65. The van der Waals surface area contributed by atoms with Crippen molar-refractivity contribution < 1.29 is 17.9 Å². The van der Waals surface area contributed by atoms with Gasteiger partial charge in [0.15, 0.2) is 0 Å². The molecule has 2 aliphatic heterocycles. The van der Waals surface area contributed by atoms with Gasteiger partial charge < -0.3 is 9.64 Å². The van der Waals surface area contributed by atoms with Gasteiger partial charge in [-0.25, -0.2) is 8.42 Å². The van der Waals surface area contributed by atoms with Crippen LogP contribution in [0.25, 0.3) is 0 Å². The number of rotatable bonds is 6. The Kier molecular flexibility index (Phi) is 7.32. The Morgan fingerprint density at radius 3 is 2.14 bits per heavy atom. The Hall–Kier alpha value is -1.48. The Morgan fingerprint density at radius 1 is 1.00 bits per heavy atom. The number of ether oxygens (including phenoxy) is 1. The van der Waals surface area contributed by atoms with E-state index in [1.54, 1.807) is 0 Å². The maximum Gasteiger partial charge on any atom is 0.253 e. The predicted octanol–water partition coefficient (Wildman–Crippen LogP) is 1.10. The largest absolute Gasteiger partial charge is 0.373 e. The lowest BCUT2D eigenvalue weighted by atomic mass is 10.1. The van der Waals surface area contributed by atoms with Gasteiger partial charge in [0.25, 0.3) is 5.91 Å². The number of benzene rings is 1. The van der Waals surface area contributed by atoms with Crippen molar-refractivity contribution in [1.29, 1.82) is 0 Å². The van der Waals surface area contributed by atoms with Crippen LogP contribution >= 0.6 is 0 Å². The van der Waals surface area contributed by atoms with E-state index in [4.69, 9.17) is 4.74 Å². The fraction of sp³-hybridized carbons (Fsp3) is 0.667. The van der Waals surface area contributed by atoms with Crippen molar-refractivity contribution in [3.63, 3.8) is 0 Å². The minimum atomic E-state index is -2.95. The van der Waals surface area contributed by atoms with Crippen LogP contribution in [0.4, 0.5) is 0 Å². The molecule has 2 heterocycles. The van der Waals surface area contributed by atoms with Gasteiger partial charge in [-0.3, -0.25) is 14.6 Å². The van der Waals surface area contributed by atoms with Gasteiger partial charge in [0.1, 0.15) is 9.84 Å². The molecule has 2 fully saturated rings. The first-order chi connectivity index (χ1) is 13.7. The molecule has 29 heavy (non-hydrogen) atoms. The van der Waals surface area contributed by atoms with Crippen LogP contribution < -0.4 is 0 Å². The highest BCUT2D eigenvalue weighted by Crippen LogP contribution is 2.16. The average molecular weight is 424 g/mol. The Morgan fingerprint density at radius 2 is 1.59 bits per heavy atom. The van der Waals surface area contributed by atoms with Crippen LogP contribution in [0.5, 0.6) is 0 Å². The number of carbonyl (C=O) groups is 1. The van der Waals surface area contributed by atoms with Crippen molar-refractivity contribution in [2.24, 2.45) is 0 Å². The SMILES string of the molecule is CC1CN(Cc2ccc(C(=O)N3CCN(CCS(C)(=O)=O)CC3)cc2)CC(C)O1. The van der Waals surface area contributed by atoms with Crippen LogP contribution in [0.15, 0.2) is 24.3 Å². The molecule has 162 valence electrons. The second-order valence-electron chi connectivity index (χ2n) is 8.41. The summed E-state index contributed by atoms with van der Waals surface area (Å²) >= 11 is 0. The van der Waals surface area contributed by atoms with E-state index < -0.39 is 9.84 Å². The summed E-state index contributed by atoms with van der Waals surface area (Å²) in [6, 6.07) is 7.92. The summed E-state index contributed by atoms with van der Waals surface area (Å²) in [5.41, 5.74) is 1.91. The molecule has 0 aliphatic carbocycles. The van der Waals surface area contributed by atoms with E-state index in [2.05, 4.69) is 23.6 Å². The van der Waals surface area contributed by atoms with Crippen LogP contribution in [0.1, 0.15) is 29.8 Å². The minimum absolute atomic E-state index is 0.0490. The van der Waals surface area contributed by atoms with Gasteiger partial charge in [0.2, 0.25) is 0 Å². The van der Waals surface area contributed by atoms with E-state index in [-0.39, 0.29) is 23.9 Å². The summed E-state index contributed by atoms with van der Waals surface area (Å²) in [6.07, 6.45) is 1.75. The molecule has 0 aromatic heterocycles. The molecule has 3 rings (SSSR count). The number of nitrogens with zero attached hydrogens (tertiary/aromatic N) is 3. The maximum atomic E-state index is 12.8. The van der Waals surface area contributed by atoms with Crippen molar-refractivity contribution in [2.45, 2.75) is 32.6 Å². The molecule has 2 unspecified atom stereocenters. The van der Waals surface area contributed by atoms with Crippen LogP contribution in [-0.2, 0) is 21.1 Å². The first-order valence-corrected chi connectivity index (χ1v) is 12.4. The van der Waals surface area contributed by atoms with E-state index in [1.165, 1.54) is 11.8 Å².